The zero-order valence-corrected chi connectivity index (χ0v) is 25.3. The van der Waals surface area contributed by atoms with Gasteiger partial charge in [0.05, 0.1) is 18.6 Å². The van der Waals surface area contributed by atoms with Crippen LogP contribution in [0.1, 0.15) is 70.8 Å². The Kier molecular flexibility index (Phi) is 12.1. The van der Waals surface area contributed by atoms with E-state index >= 15 is 0 Å². The van der Waals surface area contributed by atoms with Crippen molar-refractivity contribution < 1.29 is 22.7 Å². The topological polar surface area (TPSA) is 96.0 Å². The third-order valence-electron chi connectivity index (χ3n) is 7.22. The normalized spacial score (nSPS) is 14.8. The van der Waals surface area contributed by atoms with Gasteiger partial charge in [0.25, 0.3) is 0 Å². The van der Waals surface area contributed by atoms with Crippen LogP contribution in [0.4, 0.5) is 5.69 Å². The molecule has 1 fully saturated rings. The SMILES string of the molecule is CCOc1ccccc1N(CCCC(=O)N(Cc1ccccc1Cl)C(CC)C(=O)NC1CCCCC1)S(C)(=O)=O. The summed E-state index contributed by atoms with van der Waals surface area (Å²) >= 11 is 6.44. The monoisotopic (exact) mass is 591 g/mol. The molecule has 3 rings (SSSR count). The number of ether oxygens (including phenoxy) is 1. The van der Waals surface area contributed by atoms with E-state index in [2.05, 4.69) is 5.32 Å². The molecule has 0 radical (unpaired) electrons. The molecule has 1 unspecified atom stereocenters. The highest BCUT2D eigenvalue weighted by Crippen LogP contribution is 2.30. The third-order valence-corrected chi connectivity index (χ3v) is 8.77. The first-order chi connectivity index (χ1) is 19.2. The molecule has 220 valence electrons. The quantitative estimate of drug-likeness (QED) is 0.311. The van der Waals surface area contributed by atoms with Crippen molar-refractivity contribution in [1.29, 1.82) is 0 Å². The van der Waals surface area contributed by atoms with Crippen molar-refractivity contribution in [3.05, 3.63) is 59.1 Å². The van der Waals surface area contributed by atoms with E-state index in [-0.39, 0.29) is 43.8 Å². The third kappa shape index (κ3) is 8.86. The smallest absolute Gasteiger partial charge is 0.243 e. The Balaban J connectivity index is 1.78. The molecule has 10 heteroatoms. The number of amides is 2. The van der Waals surface area contributed by atoms with Crippen molar-refractivity contribution in [2.24, 2.45) is 0 Å². The van der Waals surface area contributed by atoms with Gasteiger partial charge >= 0.3 is 0 Å². The molecule has 8 nitrogen and oxygen atoms in total. The van der Waals surface area contributed by atoms with Crippen molar-refractivity contribution in [3.63, 3.8) is 0 Å². The molecule has 2 amide bonds. The molecule has 1 N–H and O–H groups in total. The van der Waals surface area contributed by atoms with E-state index in [0.29, 0.717) is 29.5 Å². The minimum absolute atomic E-state index is 0.0699. The summed E-state index contributed by atoms with van der Waals surface area (Å²) in [6.45, 7) is 4.42. The average Bonchev–Trinajstić information content (AvgIpc) is 2.92. The van der Waals surface area contributed by atoms with Crippen LogP contribution in [0.3, 0.4) is 0 Å². The number of para-hydroxylation sites is 2. The predicted molar refractivity (Wildman–Crippen MR) is 160 cm³/mol. The Bertz CT molecular complexity index is 1230. The summed E-state index contributed by atoms with van der Waals surface area (Å²) in [5, 5.41) is 3.70. The minimum Gasteiger partial charge on any atom is -0.492 e. The van der Waals surface area contributed by atoms with Gasteiger partial charge in [-0.05, 0) is 56.4 Å². The van der Waals surface area contributed by atoms with E-state index in [4.69, 9.17) is 16.3 Å². The van der Waals surface area contributed by atoms with E-state index in [1.165, 1.54) is 10.7 Å². The van der Waals surface area contributed by atoms with Gasteiger partial charge in [0.1, 0.15) is 11.8 Å². The number of anilines is 1. The fourth-order valence-corrected chi connectivity index (χ4v) is 6.36. The fraction of sp³-hybridized carbons (Fsp3) is 0.533. The standard InChI is InChI=1S/C30H42ClN3O5S/c1-4-26(30(36)32-24-15-7-6-8-16-24)33(22-23-14-9-10-17-25(23)31)29(35)20-13-21-34(40(3,37)38)27-18-11-12-19-28(27)39-5-2/h9-12,14,17-19,24,26H,4-8,13,15-16,20-22H2,1-3H3,(H,32,36). The van der Waals surface area contributed by atoms with Gasteiger partial charge in [-0.1, -0.05) is 68.1 Å². The second-order valence-electron chi connectivity index (χ2n) is 10.2. The molecule has 2 aromatic rings. The Morgan fingerprint density at radius 3 is 2.38 bits per heavy atom. The highest BCUT2D eigenvalue weighted by Gasteiger charge is 2.31. The van der Waals surface area contributed by atoms with Crippen LogP contribution < -0.4 is 14.4 Å². The van der Waals surface area contributed by atoms with Crippen LogP contribution >= 0.6 is 11.6 Å². The summed E-state index contributed by atoms with van der Waals surface area (Å²) < 4.78 is 32.4. The summed E-state index contributed by atoms with van der Waals surface area (Å²) in [5.41, 5.74) is 1.19. The molecule has 40 heavy (non-hydrogen) atoms. The number of halogens is 1. The summed E-state index contributed by atoms with van der Waals surface area (Å²) in [6.07, 6.45) is 7.19. The van der Waals surface area contributed by atoms with Gasteiger partial charge in [-0.25, -0.2) is 8.42 Å². The number of benzene rings is 2. The molecule has 0 aliphatic heterocycles. The van der Waals surface area contributed by atoms with Gasteiger partial charge in [-0.15, -0.1) is 0 Å². The van der Waals surface area contributed by atoms with Crippen LogP contribution in [-0.4, -0.2) is 56.6 Å². The number of nitrogens with one attached hydrogen (secondary N) is 1. The van der Waals surface area contributed by atoms with E-state index in [9.17, 15) is 18.0 Å². The van der Waals surface area contributed by atoms with E-state index in [1.54, 1.807) is 35.2 Å². The molecule has 0 spiro atoms. The van der Waals surface area contributed by atoms with E-state index in [1.807, 2.05) is 32.0 Å². The van der Waals surface area contributed by atoms with Crippen LogP contribution in [0.25, 0.3) is 0 Å². The molecule has 1 aliphatic carbocycles. The Morgan fingerprint density at radius 1 is 1.05 bits per heavy atom. The van der Waals surface area contributed by atoms with Gasteiger partial charge < -0.3 is 15.0 Å². The number of nitrogens with zero attached hydrogens (tertiary/aromatic N) is 2. The first-order valence-corrected chi connectivity index (χ1v) is 16.4. The first kappa shape index (κ1) is 31.7. The Hall–Kier alpha value is -2.78. The van der Waals surface area contributed by atoms with Crippen molar-refractivity contribution >= 4 is 39.1 Å². The number of hydrogen-bond donors (Lipinski definition) is 1. The molecule has 0 heterocycles. The number of carbonyl (C=O) groups is 2. The van der Waals surface area contributed by atoms with Crippen LogP contribution in [0.15, 0.2) is 48.5 Å². The molecule has 0 aromatic heterocycles. The summed E-state index contributed by atoms with van der Waals surface area (Å²) in [4.78, 5) is 28.7. The van der Waals surface area contributed by atoms with Gasteiger partial charge in [0.2, 0.25) is 21.8 Å². The maximum atomic E-state index is 13.7. The van der Waals surface area contributed by atoms with Gasteiger partial charge in [-0.2, -0.15) is 0 Å². The lowest BCUT2D eigenvalue weighted by Crippen LogP contribution is -2.51. The Labute approximate surface area is 244 Å². The lowest BCUT2D eigenvalue weighted by atomic mass is 9.95. The van der Waals surface area contributed by atoms with Gasteiger partial charge in [-0.3, -0.25) is 13.9 Å². The fourth-order valence-electron chi connectivity index (χ4n) is 5.20. The molecule has 1 atom stereocenters. The summed E-state index contributed by atoms with van der Waals surface area (Å²) in [6, 6.07) is 13.7. The largest absolute Gasteiger partial charge is 0.492 e. The van der Waals surface area contributed by atoms with Crippen LogP contribution in [0, 0.1) is 0 Å². The van der Waals surface area contributed by atoms with E-state index in [0.717, 1.165) is 37.5 Å². The Morgan fingerprint density at radius 2 is 1.73 bits per heavy atom. The maximum Gasteiger partial charge on any atom is 0.243 e. The molecule has 1 aliphatic rings. The molecule has 1 saturated carbocycles. The van der Waals surface area contributed by atoms with Crippen molar-refractivity contribution in [2.45, 2.75) is 83.8 Å². The minimum atomic E-state index is -3.64. The van der Waals surface area contributed by atoms with Crippen LogP contribution in [0.5, 0.6) is 5.75 Å². The second-order valence-corrected chi connectivity index (χ2v) is 12.5. The van der Waals surface area contributed by atoms with Crippen LogP contribution in [-0.2, 0) is 26.2 Å². The predicted octanol–water partition coefficient (Wildman–Crippen LogP) is 5.54. The molecular weight excluding hydrogens is 550 g/mol. The molecule has 0 saturated heterocycles. The average molecular weight is 592 g/mol. The summed E-state index contributed by atoms with van der Waals surface area (Å²) in [5.74, 6) is 0.0860. The number of hydrogen-bond acceptors (Lipinski definition) is 5. The number of rotatable bonds is 14. The first-order valence-electron chi connectivity index (χ1n) is 14.2. The second kappa shape index (κ2) is 15.3. The maximum absolute atomic E-state index is 13.7. The lowest BCUT2D eigenvalue weighted by Gasteiger charge is -2.33. The zero-order chi connectivity index (χ0) is 29.1. The van der Waals surface area contributed by atoms with Gasteiger partial charge in [0, 0.05) is 30.6 Å². The molecule has 0 bridgehead atoms. The number of carbonyl (C=O) groups excluding carboxylic acids is 2. The van der Waals surface area contributed by atoms with Gasteiger partial charge in [0.15, 0.2) is 0 Å². The van der Waals surface area contributed by atoms with Crippen molar-refractivity contribution in [3.8, 4) is 5.75 Å². The van der Waals surface area contributed by atoms with Crippen molar-refractivity contribution in [2.75, 3.05) is 23.7 Å². The highest BCUT2D eigenvalue weighted by molar-refractivity contribution is 7.92. The molecular formula is C30H42ClN3O5S. The highest BCUT2D eigenvalue weighted by atomic mass is 35.5. The van der Waals surface area contributed by atoms with Crippen molar-refractivity contribution in [1.82, 2.24) is 10.2 Å². The van der Waals surface area contributed by atoms with Crippen LogP contribution in [0.2, 0.25) is 5.02 Å². The summed E-state index contributed by atoms with van der Waals surface area (Å²) in [7, 11) is -3.64. The number of sulfonamides is 1. The van der Waals surface area contributed by atoms with E-state index < -0.39 is 16.1 Å². The zero-order valence-electron chi connectivity index (χ0n) is 23.8. The lowest BCUT2D eigenvalue weighted by molar-refractivity contribution is -0.141. The molecule has 2 aromatic carbocycles.